The van der Waals surface area contributed by atoms with Gasteiger partial charge in [0.1, 0.15) is 0 Å². The number of ketones is 1. The van der Waals surface area contributed by atoms with Crippen LogP contribution >= 0.6 is 11.8 Å². The average molecular weight is 222 g/mol. The van der Waals surface area contributed by atoms with E-state index in [9.17, 15) is 9.59 Å². The molecule has 0 aliphatic carbocycles. The van der Waals surface area contributed by atoms with Crippen LogP contribution in [-0.2, 0) is 4.79 Å². The summed E-state index contributed by atoms with van der Waals surface area (Å²) < 4.78 is 0. The fourth-order valence-corrected chi connectivity index (χ4v) is 1.59. The van der Waals surface area contributed by atoms with Gasteiger partial charge in [-0.2, -0.15) is 0 Å². The molecule has 0 saturated carbocycles. The number of allylic oxidation sites excluding steroid dienone is 1. The molecule has 3 nitrogen and oxygen atoms in total. The van der Waals surface area contributed by atoms with Gasteiger partial charge in [-0.1, -0.05) is 11.8 Å². The lowest BCUT2D eigenvalue weighted by Crippen LogP contribution is -1.94. The molecule has 0 heterocycles. The number of hydrogen-bond donors (Lipinski definition) is 1. The van der Waals surface area contributed by atoms with Gasteiger partial charge in [0, 0.05) is 4.90 Å². The molecule has 0 aromatic heterocycles. The quantitative estimate of drug-likeness (QED) is 0.628. The number of carbonyl (C=O) groups is 2. The molecular weight excluding hydrogens is 212 g/mol. The van der Waals surface area contributed by atoms with Crippen LogP contribution in [0, 0.1) is 0 Å². The Morgan fingerprint density at radius 3 is 2.33 bits per heavy atom. The molecule has 0 radical (unpaired) electrons. The lowest BCUT2D eigenvalue weighted by Gasteiger charge is -1.96. The molecule has 1 N–H and O–H groups in total. The van der Waals surface area contributed by atoms with Gasteiger partial charge in [0.05, 0.1) is 5.56 Å². The molecular formula is C11H10O3S. The first-order valence-electron chi connectivity index (χ1n) is 4.27. The third-order valence-corrected chi connectivity index (χ3v) is 2.42. The van der Waals surface area contributed by atoms with Crippen molar-refractivity contribution in [1.82, 2.24) is 0 Å². The van der Waals surface area contributed by atoms with Gasteiger partial charge >= 0.3 is 5.97 Å². The maximum atomic E-state index is 10.6. The summed E-state index contributed by atoms with van der Waals surface area (Å²) in [6.45, 7) is 1.48. The fourth-order valence-electron chi connectivity index (χ4n) is 0.884. The van der Waals surface area contributed by atoms with E-state index in [0.717, 1.165) is 4.90 Å². The molecule has 78 valence electrons. The summed E-state index contributed by atoms with van der Waals surface area (Å²) in [5.41, 5.74) is 0.259. The van der Waals surface area contributed by atoms with E-state index in [1.54, 1.807) is 17.5 Å². The summed E-state index contributed by atoms with van der Waals surface area (Å²) in [6.07, 6.45) is 1.47. The van der Waals surface area contributed by atoms with Crippen LogP contribution in [0.4, 0.5) is 0 Å². The Morgan fingerprint density at radius 2 is 1.87 bits per heavy atom. The minimum absolute atomic E-state index is 0.00958. The molecule has 4 heteroatoms. The third kappa shape index (κ3) is 3.99. The maximum absolute atomic E-state index is 10.6. The average Bonchev–Trinajstić information content (AvgIpc) is 2.18. The number of carboxylic acids is 1. The highest BCUT2D eigenvalue weighted by molar-refractivity contribution is 8.02. The molecule has 0 unspecified atom stereocenters. The lowest BCUT2D eigenvalue weighted by molar-refractivity contribution is -0.112. The van der Waals surface area contributed by atoms with Crippen LogP contribution in [0.1, 0.15) is 17.3 Å². The SMILES string of the molecule is CC(=O)/C=C/Sc1ccc(C(=O)O)cc1. The van der Waals surface area contributed by atoms with E-state index in [-0.39, 0.29) is 11.3 Å². The van der Waals surface area contributed by atoms with Crippen molar-refractivity contribution in [3.8, 4) is 0 Å². The Labute approximate surface area is 91.8 Å². The molecule has 15 heavy (non-hydrogen) atoms. The van der Waals surface area contributed by atoms with Crippen LogP contribution in [0.25, 0.3) is 0 Å². The lowest BCUT2D eigenvalue weighted by atomic mass is 10.2. The summed E-state index contributed by atoms with van der Waals surface area (Å²) in [5.74, 6) is -0.949. The van der Waals surface area contributed by atoms with Crippen LogP contribution in [-0.4, -0.2) is 16.9 Å². The Bertz CT molecular complexity index is 393. The number of rotatable bonds is 4. The first-order chi connectivity index (χ1) is 7.09. The second-order valence-corrected chi connectivity index (χ2v) is 3.84. The molecule has 0 aliphatic rings. The first kappa shape index (κ1) is 11.5. The number of benzene rings is 1. The van der Waals surface area contributed by atoms with Crippen molar-refractivity contribution in [3.63, 3.8) is 0 Å². The summed E-state index contributed by atoms with van der Waals surface area (Å²) >= 11 is 1.37. The van der Waals surface area contributed by atoms with Crippen molar-refractivity contribution in [2.24, 2.45) is 0 Å². The number of carboxylic acid groups (broad SMARTS) is 1. The Hall–Kier alpha value is -1.55. The van der Waals surface area contributed by atoms with E-state index in [2.05, 4.69) is 0 Å². The van der Waals surface area contributed by atoms with E-state index < -0.39 is 5.97 Å². The number of aromatic carboxylic acids is 1. The van der Waals surface area contributed by atoms with Crippen LogP contribution < -0.4 is 0 Å². The second-order valence-electron chi connectivity index (χ2n) is 2.86. The van der Waals surface area contributed by atoms with E-state index in [4.69, 9.17) is 5.11 Å². The van der Waals surface area contributed by atoms with Gasteiger partial charge in [-0.15, -0.1) is 0 Å². The van der Waals surface area contributed by atoms with E-state index in [1.165, 1.54) is 36.9 Å². The highest BCUT2D eigenvalue weighted by Gasteiger charge is 2.00. The number of carbonyl (C=O) groups excluding carboxylic acids is 1. The fraction of sp³-hybridized carbons (Fsp3) is 0.0909. The Morgan fingerprint density at radius 1 is 1.27 bits per heavy atom. The minimum atomic E-state index is -0.939. The second kappa shape index (κ2) is 5.36. The Balaban J connectivity index is 2.65. The molecule has 1 aromatic carbocycles. The highest BCUT2D eigenvalue weighted by Crippen LogP contribution is 2.19. The monoisotopic (exact) mass is 222 g/mol. The van der Waals surface area contributed by atoms with Crippen molar-refractivity contribution in [3.05, 3.63) is 41.3 Å². The molecule has 1 aromatic rings. The van der Waals surface area contributed by atoms with Crippen molar-refractivity contribution >= 4 is 23.5 Å². The van der Waals surface area contributed by atoms with Gasteiger partial charge in [-0.05, 0) is 42.7 Å². The largest absolute Gasteiger partial charge is 0.478 e. The van der Waals surface area contributed by atoms with Gasteiger partial charge in [-0.25, -0.2) is 4.79 Å². The van der Waals surface area contributed by atoms with Crippen LogP contribution in [0.3, 0.4) is 0 Å². The molecule has 0 atom stereocenters. The van der Waals surface area contributed by atoms with E-state index >= 15 is 0 Å². The predicted octanol–water partition coefficient (Wildman–Crippen LogP) is 2.58. The van der Waals surface area contributed by atoms with Crippen LogP contribution in [0.2, 0.25) is 0 Å². The molecule has 0 saturated heterocycles. The van der Waals surface area contributed by atoms with Crippen molar-refractivity contribution in [2.45, 2.75) is 11.8 Å². The van der Waals surface area contributed by atoms with E-state index in [0.29, 0.717) is 0 Å². The first-order valence-corrected chi connectivity index (χ1v) is 5.14. The van der Waals surface area contributed by atoms with Crippen LogP contribution in [0.15, 0.2) is 40.6 Å². The molecule has 0 aliphatic heterocycles. The normalized spacial score (nSPS) is 10.5. The third-order valence-electron chi connectivity index (χ3n) is 1.61. The summed E-state index contributed by atoms with van der Waals surface area (Å²) in [6, 6.07) is 6.48. The topological polar surface area (TPSA) is 54.4 Å². The molecule has 0 fully saturated rings. The molecule has 1 rings (SSSR count). The van der Waals surface area contributed by atoms with Gasteiger partial charge in [0.25, 0.3) is 0 Å². The standard InChI is InChI=1S/C11H10O3S/c1-8(12)6-7-15-10-4-2-9(3-5-10)11(13)14/h2-7H,1H3,(H,13,14)/b7-6+. The molecule has 0 amide bonds. The van der Waals surface area contributed by atoms with Crippen LogP contribution in [0.5, 0.6) is 0 Å². The van der Waals surface area contributed by atoms with Gasteiger partial charge in [0.2, 0.25) is 0 Å². The summed E-state index contributed by atoms with van der Waals surface area (Å²) in [7, 11) is 0. The predicted molar refractivity (Wildman–Crippen MR) is 59.1 cm³/mol. The van der Waals surface area contributed by atoms with Gasteiger partial charge in [0.15, 0.2) is 5.78 Å². The minimum Gasteiger partial charge on any atom is -0.478 e. The maximum Gasteiger partial charge on any atom is 0.335 e. The van der Waals surface area contributed by atoms with Crippen molar-refractivity contribution in [2.75, 3.05) is 0 Å². The van der Waals surface area contributed by atoms with Gasteiger partial charge in [-0.3, -0.25) is 4.79 Å². The zero-order chi connectivity index (χ0) is 11.3. The molecule has 0 spiro atoms. The number of thioether (sulfide) groups is 1. The zero-order valence-electron chi connectivity index (χ0n) is 8.14. The van der Waals surface area contributed by atoms with Gasteiger partial charge < -0.3 is 5.11 Å². The zero-order valence-corrected chi connectivity index (χ0v) is 8.95. The highest BCUT2D eigenvalue weighted by atomic mass is 32.2. The van der Waals surface area contributed by atoms with E-state index in [1.807, 2.05) is 0 Å². The summed E-state index contributed by atoms with van der Waals surface area (Å²) in [5, 5.41) is 10.3. The smallest absolute Gasteiger partial charge is 0.335 e. The summed E-state index contributed by atoms with van der Waals surface area (Å²) in [4.78, 5) is 22.1. The van der Waals surface area contributed by atoms with Crippen molar-refractivity contribution < 1.29 is 14.7 Å². The Kier molecular flexibility index (Phi) is 4.12. The van der Waals surface area contributed by atoms with Crippen molar-refractivity contribution in [1.29, 1.82) is 0 Å². The molecule has 0 bridgehead atoms. The number of hydrogen-bond acceptors (Lipinski definition) is 3.